The molecule has 0 spiro atoms. The van der Waals surface area contributed by atoms with Crippen LogP contribution in [0.3, 0.4) is 0 Å². The number of thiophene rings is 1. The molecule has 0 unspecified atom stereocenters. The van der Waals surface area contributed by atoms with Gasteiger partial charge in [-0.1, -0.05) is 0 Å². The van der Waals surface area contributed by atoms with Crippen LogP contribution in [0.4, 0.5) is 8.78 Å². The molecule has 0 aliphatic rings. The Kier molecular flexibility index (Phi) is 2.83. The molecule has 94 valence electrons. The number of fused-ring (bicyclic) bond motifs is 1. The zero-order valence-corrected chi connectivity index (χ0v) is 10.4. The van der Waals surface area contributed by atoms with Gasteiger partial charge in [-0.05, 0) is 35.7 Å². The largest absolute Gasteiger partial charge is 0.288 e. The van der Waals surface area contributed by atoms with Gasteiger partial charge in [0, 0.05) is 16.5 Å². The van der Waals surface area contributed by atoms with E-state index >= 15 is 0 Å². The first-order valence-corrected chi connectivity index (χ1v) is 6.29. The molecule has 2 nitrogen and oxygen atoms in total. The molecule has 0 aliphatic heterocycles. The minimum absolute atomic E-state index is 0.187. The van der Waals surface area contributed by atoms with Crippen LogP contribution in [0.5, 0.6) is 0 Å². The molecule has 5 heteroatoms. The van der Waals surface area contributed by atoms with E-state index in [9.17, 15) is 13.6 Å². The van der Waals surface area contributed by atoms with Crippen LogP contribution >= 0.6 is 11.3 Å². The average Bonchev–Trinajstić information content (AvgIpc) is 2.80. The van der Waals surface area contributed by atoms with Crippen LogP contribution in [0, 0.1) is 11.6 Å². The number of nitrogens with zero attached hydrogens (tertiary/aromatic N) is 1. The van der Waals surface area contributed by atoms with Gasteiger partial charge in [-0.25, -0.2) is 8.78 Å². The Morgan fingerprint density at radius 3 is 2.68 bits per heavy atom. The van der Waals surface area contributed by atoms with Gasteiger partial charge in [-0.15, -0.1) is 11.3 Å². The molecule has 0 N–H and O–H groups in total. The molecule has 0 bridgehead atoms. The smallest absolute Gasteiger partial charge is 0.204 e. The maximum absolute atomic E-state index is 13.1. The number of rotatable bonds is 2. The summed E-state index contributed by atoms with van der Waals surface area (Å²) in [6.07, 6.45) is 2.35. The first kappa shape index (κ1) is 11.9. The third-order valence-corrected chi connectivity index (χ3v) is 3.78. The second-order valence-electron chi connectivity index (χ2n) is 4.01. The Bertz CT molecular complexity index is 782. The van der Waals surface area contributed by atoms with Crippen molar-refractivity contribution in [1.29, 1.82) is 0 Å². The number of pyridine rings is 1. The molecule has 0 aliphatic carbocycles. The number of benzene rings is 1. The summed E-state index contributed by atoms with van der Waals surface area (Å²) in [4.78, 5) is 16.2. The lowest BCUT2D eigenvalue weighted by Crippen LogP contribution is -1.99. The van der Waals surface area contributed by atoms with Crippen LogP contribution in [-0.2, 0) is 0 Å². The Balaban J connectivity index is 2.06. The molecular formula is C14H7F2NOS. The van der Waals surface area contributed by atoms with Crippen molar-refractivity contribution in [2.75, 3.05) is 0 Å². The van der Waals surface area contributed by atoms with Gasteiger partial charge < -0.3 is 0 Å². The minimum Gasteiger partial charge on any atom is -0.288 e. The zero-order chi connectivity index (χ0) is 13.4. The van der Waals surface area contributed by atoms with E-state index in [-0.39, 0.29) is 17.2 Å². The lowest BCUT2D eigenvalue weighted by molar-refractivity contribution is 0.104. The lowest BCUT2D eigenvalue weighted by Gasteiger charge is -1.96. The quantitative estimate of drug-likeness (QED) is 0.666. The molecule has 1 aromatic carbocycles. The molecule has 3 aromatic rings. The van der Waals surface area contributed by atoms with E-state index in [1.54, 1.807) is 12.1 Å². The van der Waals surface area contributed by atoms with Gasteiger partial charge in [0.05, 0.1) is 11.1 Å². The van der Waals surface area contributed by atoms with E-state index in [2.05, 4.69) is 4.98 Å². The van der Waals surface area contributed by atoms with Gasteiger partial charge >= 0.3 is 0 Å². The van der Waals surface area contributed by atoms with E-state index in [1.165, 1.54) is 29.7 Å². The molecule has 19 heavy (non-hydrogen) atoms. The summed E-state index contributed by atoms with van der Waals surface area (Å²) < 4.78 is 26.9. The van der Waals surface area contributed by atoms with Crippen molar-refractivity contribution in [3.8, 4) is 0 Å². The van der Waals surface area contributed by atoms with Crippen LogP contribution in [0.15, 0.2) is 42.7 Å². The monoisotopic (exact) mass is 275 g/mol. The summed E-state index contributed by atoms with van der Waals surface area (Å²) in [5.74, 6) is -1.22. The number of aromatic nitrogens is 1. The molecule has 0 fully saturated rings. The van der Waals surface area contributed by atoms with Crippen molar-refractivity contribution >= 4 is 27.2 Å². The number of carbonyl (C=O) groups excluding carboxylic acids is 1. The molecule has 2 heterocycles. The van der Waals surface area contributed by atoms with E-state index in [4.69, 9.17) is 0 Å². The second-order valence-corrected chi connectivity index (χ2v) is 5.10. The first-order valence-electron chi connectivity index (χ1n) is 5.48. The maximum atomic E-state index is 13.1. The summed E-state index contributed by atoms with van der Waals surface area (Å²) in [6.45, 7) is 0. The van der Waals surface area contributed by atoms with Crippen molar-refractivity contribution in [2.24, 2.45) is 0 Å². The summed E-state index contributed by atoms with van der Waals surface area (Å²) in [5.41, 5.74) is 0.187. The SMILES string of the molecule is O=C(c1cncc(F)c1)c1cc2cc(F)ccc2s1. The van der Waals surface area contributed by atoms with Gasteiger partial charge in [-0.2, -0.15) is 0 Å². The summed E-state index contributed by atoms with van der Waals surface area (Å²) in [5, 5.41) is 0.665. The highest BCUT2D eigenvalue weighted by Crippen LogP contribution is 2.28. The number of hydrogen-bond acceptors (Lipinski definition) is 3. The average molecular weight is 275 g/mol. The predicted octanol–water partition coefficient (Wildman–Crippen LogP) is 3.81. The van der Waals surface area contributed by atoms with Gasteiger partial charge in [0.15, 0.2) is 0 Å². The van der Waals surface area contributed by atoms with Crippen molar-refractivity contribution in [3.63, 3.8) is 0 Å². The molecule has 3 rings (SSSR count). The van der Waals surface area contributed by atoms with Gasteiger partial charge in [-0.3, -0.25) is 9.78 Å². The first-order chi connectivity index (χ1) is 9.13. The predicted molar refractivity (Wildman–Crippen MR) is 69.4 cm³/mol. The van der Waals surface area contributed by atoms with Crippen LogP contribution in [-0.4, -0.2) is 10.8 Å². The topological polar surface area (TPSA) is 30.0 Å². The highest BCUT2D eigenvalue weighted by molar-refractivity contribution is 7.21. The van der Waals surface area contributed by atoms with Crippen molar-refractivity contribution < 1.29 is 13.6 Å². The fraction of sp³-hybridized carbons (Fsp3) is 0. The molecule has 0 saturated heterocycles. The Labute approximate surface area is 111 Å². The molecular weight excluding hydrogens is 268 g/mol. The van der Waals surface area contributed by atoms with E-state index in [0.717, 1.165) is 17.0 Å². The standard InChI is InChI=1S/C14H7F2NOS/c15-10-1-2-12-8(3-10)5-13(19-12)14(18)9-4-11(16)7-17-6-9/h1-7H. The van der Waals surface area contributed by atoms with Gasteiger partial charge in [0.2, 0.25) is 5.78 Å². The highest BCUT2D eigenvalue weighted by Gasteiger charge is 2.14. The summed E-state index contributed by atoms with van der Waals surface area (Å²) >= 11 is 1.25. The number of ketones is 1. The number of halogens is 2. The minimum atomic E-state index is -0.557. The Hall–Kier alpha value is -2.14. The summed E-state index contributed by atoms with van der Waals surface area (Å²) in [6, 6.07) is 7.08. The van der Waals surface area contributed by atoms with Crippen LogP contribution < -0.4 is 0 Å². The van der Waals surface area contributed by atoms with Crippen LogP contribution in [0.2, 0.25) is 0 Å². The van der Waals surface area contributed by atoms with Gasteiger partial charge in [0.25, 0.3) is 0 Å². The fourth-order valence-electron chi connectivity index (χ4n) is 1.80. The van der Waals surface area contributed by atoms with E-state index in [0.29, 0.717) is 10.3 Å². The van der Waals surface area contributed by atoms with Crippen molar-refractivity contribution in [3.05, 3.63) is 64.8 Å². The molecule has 0 amide bonds. The molecule has 0 saturated carbocycles. The normalized spacial score (nSPS) is 10.8. The Morgan fingerprint density at radius 2 is 1.89 bits per heavy atom. The number of hydrogen-bond donors (Lipinski definition) is 0. The molecule has 2 aromatic heterocycles. The highest BCUT2D eigenvalue weighted by atomic mass is 32.1. The maximum Gasteiger partial charge on any atom is 0.204 e. The van der Waals surface area contributed by atoms with Crippen LogP contribution in [0.25, 0.3) is 10.1 Å². The van der Waals surface area contributed by atoms with Crippen LogP contribution in [0.1, 0.15) is 15.2 Å². The zero-order valence-electron chi connectivity index (χ0n) is 9.56. The van der Waals surface area contributed by atoms with E-state index < -0.39 is 5.82 Å². The fourth-order valence-corrected chi connectivity index (χ4v) is 2.81. The van der Waals surface area contributed by atoms with E-state index in [1.807, 2.05) is 0 Å². The second kappa shape index (κ2) is 4.51. The third-order valence-electron chi connectivity index (χ3n) is 2.67. The number of carbonyl (C=O) groups is 1. The van der Waals surface area contributed by atoms with Gasteiger partial charge in [0.1, 0.15) is 11.6 Å². The Morgan fingerprint density at radius 1 is 1.05 bits per heavy atom. The lowest BCUT2D eigenvalue weighted by atomic mass is 10.1. The molecule has 0 atom stereocenters. The van der Waals surface area contributed by atoms with Crippen molar-refractivity contribution in [1.82, 2.24) is 4.98 Å². The molecule has 0 radical (unpaired) electrons. The van der Waals surface area contributed by atoms with Crippen molar-refractivity contribution in [2.45, 2.75) is 0 Å². The third kappa shape index (κ3) is 2.24. The summed E-state index contributed by atoms with van der Waals surface area (Å²) in [7, 11) is 0.